The SMILES string of the molecule is Cc1ccc(-c2cc(N3CCNCC3)[nH]c(=O)c2)cc1. The maximum atomic E-state index is 11.9. The zero-order valence-electron chi connectivity index (χ0n) is 11.6. The van der Waals surface area contributed by atoms with Crippen LogP contribution in [0.5, 0.6) is 0 Å². The van der Waals surface area contributed by atoms with Crippen molar-refractivity contribution in [2.75, 3.05) is 31.1 Å². The maximum Gasteiger partial charge on any atom is 0.250 e. The molecule has 104 valence electrons. The molecule has 1 aliphatic rings. The summed E-state index contributed by atoms with van der Waals surface area (Å²) >= 11 is 0. The Morgan fingerprint density at radius 3 is 2.40 bits per heavy atom. The summed E-state index contributed by atoms with van der Waals surface area (Å²) in [6.45, 7) is 5.82. The number of pyridine rings is 1. The van der Waals surface area contributed by atoms with Crippen molar-refractivity contribution in [1.29, 1.82) is 0 Å². The van der Waals surface area contributed by atoms with Crippen molar-refractivity contribution in [3.8, 4) is 11.1 Å². The van der Waals surface area contributed by atoms with E-state index in [1.54, 1.807) is 6.07 Å². The van der Waals surface area contributed by atoms with Crippen LogP contribution in [0.4, 0.5) is 5.82 Å². The highest BCUT2D eigenvalue weighted by molar-refractivity contribution is 5.66. The van der Waals surface area contributed by atoms with Crippen LogP contribution < -0.4 is 15.8 Å². The van der Waals surface area contributed by atoms with Crippen molar-refractivity contribution in [2.45, 2.75) is 6.92 Å². The largest absolute Gasteiger partial charge is 0.356 e. The molecular weight excluding hydrogens is 250 g/mol. The molecule has 2 N–H and O–H groups in total. The fourth-order valence-corrected chi connectivity index (χ4v) is 2.52. The number of benzene rings is 1. The predicted octanol–water partition coefficient (Wildman–Crippen LogP) is 1.76. The maximum absolute atomic E-state index is 11.9. The highest BCUT2D eigenvalue weighted by atomic mass is 16.1. The second-order valence-electron chi connectivity index (χ2n) is 5.22. The van der Waals surface area contributed by atoms with Gasteiger partial charge >= 0.3 is 0 Å². The molecule has 0 saturated carbocycles. The number of piperazine rings is 1. The summed E-state index contributed by atoms with van der Waals surface area (Å²) in [5.74, 6) is 0.912. The molecular formula is C16H19N3O. The van der Waals surface area contributed by atoms with Gasteiger partial charge in [-0.15, -0.1) is 0 Å². The quantitative estimate of drug-likeness (QED) is 0.873. The molecule has 20 heavy (non-hydrogen) atoms. The van der Waals surface area contributed by atoms with Crippen molar-refractivity contribution in [1.82, 2.24) is 10.3 Å². The average Bonchev–Trinajstić information content (AvgIpc) is 2.48. The predicted molar refractivity (Wildman–Crippen MR) is 82.3 cm³/mol. The topological polar surface area (TPSA) is 48.1 Å². The second kappa shape index (κ2) is 5.51. The van der Waals surface area contributed by atoms with Gasteiger partial charge in [-0.2, -0.15) is 0 Å². The Balaban J connectivity index is 1.97. The molecule has 0 aliphatic carbocycles. The van der Waals surface area contributed by atoms with E-state index in [1.165, 1.54) is 5.56 Å². The number of aromatic nitrogens is 1. The first-order valence-electron chi connectivity index (χ1n) is 6.99. The van der Waals surface area contributed by atoms with Gasteiger partial charge in [-0.1, -0.05) is 29.8 Å². The molecule has 1 aromatic carbocycles. The van der Waals surface area contributed by atoms with Gasteiger partial charge in [0.25, 0.3) is 0 Å². The number of anilines is 1. The number of H-pyrrole nitrogens is 1. The van der Waals surface area contributed by atoms with Gasteiger partial charge in [-0.05, 0) is 24.1 Å². The first-order chi connectivity index (χ1) is 9.72. The van der Waals surface area contributed by atoms with Gasteiger partial charge < -0.3 is 15.2 Å². The summed E-state index contributed by atoms with van der Waals surface area (Å²) in [5.41, 5.74) is 3.23. The standard InChI is InChI=1S/C16H19N3O/c1-12-2-4-13(5-3-12)14-10-15(18-16(20)11-14)19-8-6-17-7-9-19/h2-5,10-11,17H,6-9H2,1H3,(H,18,20). The second-order valence-corrected chi connectivity index (χ2v) is 5.22. The molecule has 3 rings (SSSR count). The third-order valence-corrected chi connectivity index (χ3v) is 3.67. The zero-order valence-corrected chi connectivity index (χ0v) is 11.6. The molecule has 4 nitrogen and oxygen atoms in total. The molecule has 1 fully saturated rings. The Bertz CT molecular complexity index is 640. The number of nitrogens with zero attached hydrogens (tertiary/aromatic N) is 1. The van der Waals surface area contributed by atoms with E-state index in [4.69, 9.17) is 0 Å². The molecule has 1 saturated heterocycles. The smallest absolute Gasteiger partial charge is 0.250 e. The minimum atomic E-state index is -0.0448. The first-order valence-corrected chi connectivity index (χ1v) is 6.99. The molecule has 0 atom stereocenters. The summed E-state index contributed by atoms with van der Waals surface area (Å²) < 4.78 is 0. The highest BCUT2D eigenvalue weighted by Crippen LogP contribution is 2.22. The van der Waals surface area contributed by atoms with Gasteiger partial charge in [0.05, 0.1) is 0 Å². The van der Waals surface area contributed by atoms with E-state index < -0.39 is 0 Å². The van der Waals surface area contributed by atoms with Crippen molar-refractivity contribution in [3.05, 3.63) is 52.3 Å². The van der Waals surface area contributed by atoms with Gasteiger partial charge in [0.1, 0.15) is 5.82 Å². The number of nitrogens with one attached hydrogen (secondary N) is 2. The third-order valence-electron chi connectivity index (χ3n) is 3.67. The molecule has 0 spiro atoms. The van der Waals surface area contributed by atoms with E-state index in [0.717, 1.165) is 43.1 Å². The van der Waals surface area contributed by atoms with Crippen LogP contribution in [0, 0.1) is 6.92 Å². The van der Waals surface area contributed by atoms with Crippen LogP contribution in [-0.2, 0) is 0 Å². The van der Waals surface area contributed by atoms with E-state index in [2.05, 4.69) is 52.5 Å². The van der Waals surface area contributed by atoms with Gasteiger partial charge in [-0.3, -0.25) is 4.79 Å². The van der Waals surface area contributed by atoms with E-state index in [-0.39, 0.29) is 5.56 Å². The fraction of sp³-hybridized carbons (Fsp3) is 0.312. The molecule has 0 radical (unpaired) electrons. The van der Waals surface area contributed by atoms with Gasteiger partial charge in [0.15, 0.2) is 0 Å². The van der Waals surface area contributed by atoms with Crippen LogP contribution in [0.15, 0.2) is 41.2 Å². The summed E-state index contributed by atoms with van der Waals surface area (Å²) in [4.78, 5) is 17.1. The lowest BCUT2D eigenvalue weighted by molar-refractivity contribution is 0.584. The van der Waals surface area contributed by atoms with Crippen LogP contribution in [0.25, 0.3) is 11.1 Å². The van der Waals surface area contributed by atoms with Crippen LogP contribution in [0.2, 0.25) is 0 Å². The monoisotopic (exact) mass is 269 g/mol. The summed E-state index contributed by atoms with van der Waals surface area (Å²) in [6.07, 6.45) is 0. The Morgan fingerprint density at radius 2 is 1.70 bits per heavy atom. The summed E-state index contributed by atoms with van der Waals surface area (Å²) in [5, 5.41) is 3.32. The van der Waals surface area contributed by atoms with Gasteiger partial charge in [0, 0.05) is 32.2 Å². The van der Waals surface area contributed by atoms with Crippen LogP contribution in [-0.4, -0.2) is 31.2 Å². The molecule has 4 heteroatoms. The van der Waals surface area contributed by atoms with E-state index >= 15 is 0 Å². The van der Waals surface area contributed by atoms with Crippen LogP contribution in [0.3, 0.4) is 0 Å². The lowest BCUT2D eigenvalue weighted by atomic mass is 10.1. The molecule has 0 amide bonds. The molecule has 1 aromatic heterocycles. The number of hydrogen-bond acceptors (Lipinski definition) is 3. The van der Waals surface area contributed by atoms with E-state index in [1.807, 2.05) is 0 Å². The molecule has 0 bridgehead atoms. The number of aryl methyl sites for hydroxylation is 1. The van der Waals surface area contributed by atoms with Gasteiger partial charge in [0.2, 0.25) is 5.56 Å². The lowest BCUT2D eigenvalue weighted by Gasteiger charge is -2.29. The number of aromatic amines is 1. The van der Waals surface area contributed by atoms with Crippen molar-refractivity contribution >= 4 is 5.82 Å². The number of rotatable bonds is 2. The normalized spacial score (nSPS) is 15.3. The Hall–Kier alpha value is -2.07. The number of hydrogen-bond donors (Lipinski definition) is 2. The van der Waals surface area contributed by atoms with Gasteiger partial charge in [-0.25, -0.2) is 0 Å². The summed E-state index contributed by atoms with van der Waals surface area (Å²) in [6, 6.07) is 12.0. The Morgan fingerprint density at radius 1 is 1.00 bits per heavy atom. The minimum Gasteiger partial charge on any atom is -0.356 e. The minimum absolute atomic E-state index is 0.0448. The Kier molecular flexibility index (Phi) is 3.56. The van der Waals surface area contributed by atoms with Crippen LogP contribution >= 0.6 is 0 Å². The summed E-state index contributed by atoms with van der Waals surface area (Å²) in [7, 11) is 0. The van der Waals surface area contributed by atoms with Crippen molar-refractivity contribution in [3.63, 3.8) is 0 Å². The van der Waals surface area contributed by atoms with Crippen molar-refractivity contribution < 1.29 is 0 Å². The fourth-order valence-electron chi connectivity index (χ4n) is 2.52. The Labute approximate surface area is 118 Å². The van der Waals surface area contributed by atoms with Crippen LogP contribution in [0.1, 0.15) is 5.56 Å². The first kappa shape index (κ1) is 12.9. The molecule has 2 aromatic rings. The molecule has 0 unspecified atom stereocenters. The van der Waals surface area contributed by atoms with E-state index in [9.17, 15) is 4.79 Å². The molecule has 1 aliphatic heterocycles. The van der Waals surface area contributed by atoms with E-state index in [0.29, 0.717) is 0 Å². The van der Waals surface area contributed by atoms with Crippen molar-refractivity contribution in [2.24, 2.45) is 0 Å². The zero-order chi connectivity index (χ0) is 13.9. The molecule has 2 heterocycles. The third kappa shape index (κ3) is 2.75. The highest BCUT2D eigenvalue weighted by Gasteiger charge is 2.12. The average molecular weight is 269 g/mol. The lowest BCUT2D eigenvalue weighted by Crippen LogP contribution is -2.44.